The van der Waals surface area contributed by atoms with Gasteiger partial charge in [0.05, 0.1) is 16.2 Å². The highest BCUT2D eigenvalue weighted by molar-refractivity contribution is 7.90. The standard InChI is InChI=1S/C28H25ClN2O4S2/c29-22-13-17-25(18-14-22)37(33,34)30-28-31(23-9-5-2-6-10-23)26(19-36-28)20-11-15-24(16-12-20)35-27(32)21-7-3-1-4-8-21/h1,3-4,7-8,11-19,23H,2,5-6,9-10H2. The van der Waals surface area contributed by atoms with E-state index in [1.165, 1.54) is 29.9 Å². The highest BCUT2D eigenvalue weighted by Crippen LogP contribution is 2.33. The number of carbonyl (C=O) groups excluding carboxylic acids is 1. The minimum absolute atomic E-state index is 0.103. The molecule has 1 aliphatic carbocycles. The molecular formula is C28H25ClN2O4S2. The van der Waals surface area contributed by atoms with Crippen LogP contribution in [0.4, 0.5) is 0 Å². The Labute approximate surface area is 224 Å². The zero-order valence-corrected chi connectivity index (χ0v) is 22.3. The monoisotopic (exact) mass is 552 g/mol. The first-order valence-electron chi connectivity index (χ1n) is 12.0. The van der Waals surface area contributed by atoms with Crippen LogP contribution in [0.5, 0.6) is 5.75 Å². The first-order valence-corrected chi connectivity index (χ1v) is 14.7. The molecule has 0 atom stereocenters. The third-order valence-corrected chi connectivity index (χ3v) is 8.85. The van der Waals surface area contributed by atoms with Gasteiger partial charge >= 0.3 is 5.97 Å². The predicted octanol–water partition coefficient (Wildman–Crippen LogP) is 6.88. The number of rotatable bonds is 6. The zero-order chi connectivity index (χ0) is 25.8. The molecule has 1 saturated carbocycles. The average molecular weight is 553 g/mol. The Morgan fingerprint density at radius 2 is 1.59 bits per heavy atom. The molecular weight excluding hydrogens is 528 g/mol. The van der Waals surface area contributed by atoms with Crippen LogP contribution < -0.4 is 9.54 Å². The van der Waals surface area contributed by atoms with Crippen molar-refractivity contribution in [1.29, 1.82) is 0 Å². The van der Waals surface area contributed by atoms with E-state index in [4.69, 9.17) is 16.3 Å². The summed E-state index contributed by atoms with van der Waals surface area (Å²) < 4.78 is 38.0. The maximum absolute atomic E-state index is 13.1. The summed E-state index contributed by atoms with van der Waals surface area (Å²) in [4.78, 5) is 12.9. The lowest BCUT2D eigenvalue weighted by Gasteiger charge is -2.25. The number of thiazole rings is 1. The van der Waals surface area contributed by atoms with Gasteiger partial charge in [-0.25, -0.2) is 4.79 Å². The number of hydrogen-bond acceptors (Lipinski definition) is 5. The molecule has 0 aliphatic heterocycles. The van der Waals surface area contributed by atoms with Crippen LogP contribution in [0.1, 0.15) is 48.5 Å². The molecule has 0 spiro atoms. The van der Waals surface area contributed by atoms with Gasteiger partial charge in [0.15, 0.2) is 0 Å². The second kappa shape index (κ2) is 11.0. The summed E-state index contributed by atoms with van der Waals surface area (Å²) in [6, 6.07) is 22.3. The van der Waals surface area contributed by atoms with Gasteiger partial charge in [0.1, 0.15) is 5.75 Å². The molecule has 0 bridgehead atoms. The molecule has 5 rings (SSSR count). The van der Waals surface area contributed by atoms with Gasteiger partial charge in [-0.2, -0.15) is 8.42 Å². The van der Waals surface area contributed by atoms with Gasteiger partial charge in [-0.3, -0.25) is 0 Å². The minimum atomic E-state index is -3.91. The lowest BCUT2D eigenvalue weighted by Crippen LogP contribution is -2.25. The summed E-state index contributed by atoms with van der Waals surface area (Å²) in [6.45, 7) is 0. The van der Waals surface area contributed by atoms with Crippen molar-refractivity contribution >= 4 is 38.9 Å². The molecule has 0 N–H and O–H groups in total. The second-order valence-electron chi connectivity index (χ2n) is 8.87. The van der Waals surface area contributed by atoms with E-state index in [1.807, 2.05) is 23.6 Å². The Balaban J connectivity index is 1.49. The van der Waals surface area contributed by atoms with Crippen molar-refractivity contribution in [2.24, 2.45) is 4.40 Å². The van der Waals surface area contributed by atoms with Gasteiger partial charge in [0.25, 0.3) is 10.0 Å². The maximum atomic E-state index is 13.1. The molecule has 1 aromatic heterocycles. The number of halogens is 1. The smallest absolute Gasteiger partial charge is 0.343 e. The summed E-state index contributed by atoms with van der Waals surface area (Å²) >= 11 is 7.24. The Hall–Kier alpha value is -3.20. The first kappa shape index (κ1) is 25.4. The molecule has 190 valence electrons. The highest BCUT2D eigenvalue weighted by Gasteiger charge is 2.22. The Morgan fingerprint density at radius 1 is 0.919 bits per heavy atom. The van der Waals surface area contributed by atoms with Crippen LogP contribution in [-0.2, 0) is 10.0 Å². The summed E-state index contributed by atoms with van der Waals surface area (Å²) in [6.07, 6.45) is 5.28. The van der Waals surface area contributed by atoms with Crippen molar-refractivity contribution in [2.45, 2.75) is 43.0 Å². The number of nitrogens with zero attached hydrogens (tertiary/aromatic N) is 2. The Morgan fingerprint density at radius 3 is 2.27 bits per heavy atom. The largest absolute Gasteiger partial charge is 0.423 e. The molecule has 1 aliphatic rings. The molecule has 1 heterocycles. The van der Waals surface area contributed by atoms with E-state index in [-0.39, 0.29) is 10.9 Å². The zero-order valence-electron chi connectivity index (χ0n) is 19.9. The number of carbonyl (C=O) groups is 1. The van der Waals surface area contributed by atoms with Crippen LogP contribution in [-0.4, -0.2) is 19.0 Å². The average Bonchev–Trinajstić information content (AvgIpc) is 3.33. The molecule has 3 aromatic carbocycles. The normalized spacial score (nSPS) is 15.0. The van der Waals surface area contributed by atoms with Crippen LogP contribution in [0.2, 0.25) is 5.02 Å². The summed E-state index contributed by atoms with van der Waals surface area (Å²) in [5.41, 5.74) is 2.27. The van der Waals surface area contributed by atoms with Crippen LogP contribution >= 0.6 is 22.9 Å². The predicted molar refractivity (Wildman–Crippen MR) is 145 cm³/mol. The van der Waals surface area contributed by atoms with Gasteiger partial charge < -0.3 is 9.30 Å². The fourth-order valence-corrected chi connectivity index (χ4v) is 6.79. The summed E-state index contributed by atoms with van der Waals surface area (Å²) in [5, 5.41) is 2.41. The molecule has 9 heteroatoms. The number of hydrogen-bond donors (Lipinski definition) is 0. The van der Waals surface area contributed by atoms with Gasteiger partial charge in [0, 0.05) is 16.4 Å². The summed E-state index contributed by atoms with van der Waals surface area (Å²) in [5.74, 6) is 0.0157. The fourth-order valence-electron chi connectivity index (χ4n) is 4.49. The van der Waals surface area contributed by atoms with Crippen molar-refractivity contribution in [3.8, 4) is 17.0 Å². The third-order valence-electron chi connectivity index (χ3n) is 6.36. The molecule has 0 radical (unpaired) electrons. The van der Waals surface area contributed by atoms with Crippen LogP contribution in [0.3, 0.4) is 0 Å². The lowest BCUT2D eigenvalue weighted by atomic mass is 9.95. The van der Waals surface area contributed by atoms with E-state index in [2.05, 4.69) is 8.96 Å². The van der Waals surface area contributed by atoms with Crippen LogP contribution in [0.15, 0.2) is 93.5 Å². The van der Waals surface area contributed by atoms with E-state index in [0.29, 0.717) is 21.1 Å². The molecule has 1 fully saturated rings. The van der Waals surface area contributed by atoms with Crippen LogP contribution in [0.25, 0.3) is 11.3 Å². The molecule has 0 saturated heterocycles. The Kier molecular flexibility index (Phi) is 7.60. The second-order valence-corrected chi connectivity index (χ2v) is 11.7. The van der Waals surface area contributed by atoms with Gasteiger partial charge in [-0.05, 0) is 79.1 Å². The molecule has 4 aromatic rings. The first-order chi connectivity index (χ1) is 17.9. The number of sulfonamides is 1. The van der Waals surface area contributed by atoms with Crippen molar-refractivity contribution in [1.82, 2.24) is 4.57 Å². The third kappa shape index (κ3) is 5.87. The molecule has 0 unspecified atom stereocenters. The van der Waals surface area contributed by atoms with Crippen molar-refractivity contribution in [2.75, 3.05) is 0 Å². The Bertz CT molecular complexity index is 1550. The van der Waals surface area contributed by atoms with Gasteiger partial charge in [-0.15, -0.1) is 15.7 Å². The highest BCUT2D eigenvalue weighted by atomic mass is 35.5. The lowest BCUT2D eigenvalue weighted by molar-refractivity contribution is 0.0734. The van der Waals surface area contributed by atoms with Crippen molar-refractivity contribution in [3.63, 3.8) is 0 Å². The summed E-state index contributed by atoms with van der Waals surface area (Å²) in [7, 11) is -3.91. The number of aromatic nitrogens is 1. The fraction of sp³-hybridized carbons (Fsp3) is 0.214. The minimum Gasteiger partial charge on any atom is -0.423 e. The number of ether oxygens (including phenoxy) is 1. The van der Waals surface area contributed by atoms with Crippen molar-refractivity contribution < 1.29 is 17.9 Å². The topological polar surface area (TPSA) is 77.7 Å². The maximum Gasteiger partial charge on any atom is 0.343 e. The van der Waals surface area contributed by atoms with E-state index >= 15 is 0 Å². The molecule has 6 nitrogen and oxygen atoms in total. The van der Waals surface area contributed by atoms with Gasteiger partial charge in [-0.1, -0.05) is 49.1 Å². The quantitative estimate of drug-likeness (QED) is 0.193. The van der Waals surface area contributed by atoms with E-state index in [1.54, 1.807) is 48.5 Å². The SMILES string of the molecule is O=C(Oc1ccc(-c2csc(=NS(=O)(=O)c3ccc(Cl)cc3)n2C2CCCCC2)cc1)c1ccccc1. The van der Waals surface area contributed by atoms with E-state index in [9.17, 15) is 13.2 Å². The van der Waals surface area contributed by atoms with Crippen molar-refractivity contribution in [3.05, 3.63) is 99.6 Å². The number of benzene rings is 3. The number of esters is 1. The van der Waals surface area contributed by atoms with E-state index < -0.39 is 16.0 Å². The molecule has 37 heavy (non-hydrogen) atoms. The molecule has 0 amide bonds. The van der Waals surface area contributed by atoms with Gasteiger partial charge in [0.2, 0.25) is 4.80 Å². The van der Waals surface area contributed by atoms with E-state index in [0.717, 1.165) is 36.9 Å². The van der Waals surface area contributed by atoms with Crippen LogP contribution in [0, 0.1) is 0 Å².